The normalized spacial score (nSPS) is 11.8. The molecule has 0 radical (unpaired) electrons. The summed E-state index contributed by atoms with van der Waals surface area (Å²) in [5.74, 6) is 0. The first kappa shape index (κ1) is 123. The van der Waals surface area contributed by atoms with Gasteiger partial charge in [-0.3, -0.25) is 30.9 Å². The van der Waals surface area contributed by atoms with E-state index in [0.717, 1.165) is 40.7 Å². The Morgan fingerprint density at radius 3 is 1.12 bits per heavy atom. The van der Waals surface area contributed by atoms with Gasteiger partial charge in [-0.15, -0.1) is 12.6 Å². The number of methoxy groups -OCH3 is 3. The number of nitrogens with zero attached hydrogens (tertiary/aromatic N) is 8. The van der Waals surface area contributed by atoms with Crippen molar-refractivity contribution in [1.82, 2.24) is 44.6 Å². The smallest absolute Gasteiger partial charge is 1.00 e. The molecule has 0 bridgehead atoms. The number of halogens is 1. The summed E-state index contributed by atoms with van der Waals surface area (Å²) in [6.45, 7) is 13.9. The molecule has 7 rings (SSSR count). The van der Waals surface area contributed by atoms with Crippen LogP contribution in [0.25, 0.3) is 0 Å². The van der Waals surface area contributed by atoms with Crippen molar-refractivity contribution in [2.75, 3.05) is 137 Å². The van der Waals surface area contributed by atoms with Crippen molar-refractivity contribution < 1.29 is 207 Å². The summed E-state index contributed by atoms with van der Waals surface area (Å²) < 4.78 is 108. The van der Waals surface area contributed by atoms with Crippen molar-refractivity contribution in [3.05, 3.63) is 226 Å². The summed E-state index contributed by atoms with van der Waals surface area (Å²) >= 11 is 4.08. The van der Waals surface area contributed by atoms with Crippen molar-refractivity contribution in [3.8, 4) is 12.1 Å². The summed E-state index contributed by atoms with van der Waals surface area (Å²) in [4.78, 5) is 102. The summed E-state index contributed by atoms with van der Waals surface area (Å²) in [5.41, 5.74) is 1.39. The van der Waals surface area contributed by atoms with E-state index in [0.29, 0.717) is 55.8 Å². The van der Waals surface area contributed by atoms with Crippen molar-refractivity contribution in [2.24, 2.45) is 0 Å². The van der Waals surface area contributed by atoms with Crippen molar-refractivity contribution >= 4 is 112 Å². The van der Waals surface area contributed by atoms with Gasteiger partial charge in [-0.2, -0.15) is 23.2 Å². The second-order valence-electron chi connectivity index (χ2n) is 28.8. The number of allylic oxidation sites excluding steroid dienone is 4. The van der Waals surface area contributed by atoms with Gasteiger partial charge in [0.1, 0.15) is 53.6 Å². The number of rotatable bonds is 43. The number of urea groups is 3. The van der Waals surface area contributed by atoms with Crippen LogP contribution >= 0.6 is 23.3 Å². The molecule has 9 amide bonds. The number of sulfonamides is 2. The largest absolute Gasteiger partial charge is 1.00 e. The minimum Gasteiger partial charge on any atom is -1.00 e. The molecule has 0 aliphatic heterocycles. The quantitative estimate of drug-likeness (QED) is 0.00225. The Bertz CT molecular complexity index is 4970. The number of nitrogens with one attached hydrogen (secondary N) is 7. The number of nitro groups is 1. The first-order valence-electron chi connectivity index (χ1n) is 40.7. The molecule has 1 aliphatic rings. The van der Waals surface area contributed by atoms with Crippen LogP contribution in [0.1, 0.15) is 92.6 Å². The number of carbonyl (C=O) groups excluding carboxylic acids is 7. The summed E-state index contributed by atoms with van der Waals surface area (Å²) in [7, 11) is 2.46. The van der Waals surface area contributed by atoms with Crippen LogP contribution in [0, 0.1) is 38.9 Å². The number of nitriles is 2. The van der Waals surface area contributed by atoms with E-state index in [2.05, 4.69) is 60.8 Å². The third-order valence-corrected chi connectivity index (χ3v) is 22.6. The van der Waals surface area contributed by atoms with Crippen LogP contribution in [-0.2, 0) is 67.2 Å². The number of benzene rings is 6. The zero-order valence-corrected chi connectivity index (χ0v) is 87.0. The maximum atomic E-state index is 13.0. The monoisotopic (exact) mass is 1980 g/mol. The predicted molar refractivity (Wildman–Crippen MR) is 494 cm³/mol. The van der Waals surface area contributed by atoms with Crippen LogP contribution in [0.4, 0.5) is 45.8 Å². The van der Waals surface area contributed by atoms with Crippen LogP contribution in [0.3, 0.4) is 0 Å². The molecule has 3 atom stereocenters. The zero-order chi connectivity index (χ0) is 97.0. The van der Waals surface area contributed by atoms with Gasteiger partial charge in [0.2, 0.25) is 10.0 Å². The molecule has 6 aromatic rings. The number of hydrogen-bond acceptors (Lipinski definition) is 27. The minimum atomic E-state index is -4.13. The molecule has 0 aromatic heterocycles. The first-order valence-corrected chi connectivity index (χ1v) is 46.3. The number of ether oxygens (including phenoxy) is 6. The van der Waals surface area contributed by atoms with Gasteiger partial charge in [0, 0.05) is 125 Å². The standard InChI is InChI=1S/C27H37N5O6S.C26H35N5O8S.C20H34N4O4.C7H4ClNO2S.C6H6S.CH2O3.2K.H/c1-21(2)29-26(33)32(19-24(20-37-4)38-27(34)30-23-13-6-5-7-14-23)17-11-10-16-31(3)39(35,36)25-15-9-8-12-22(25)18-28;1-20(2)27-25(32)30(18-22(19-38-4)39-26(33)28-21-12-6-5-7-13-21)17-11-10-16-29(3)40(36,37)24-15-9-8-14-23(24)31(34)35;1-16(2)22-19(25)24(13-9-8-12-21-3)14-18(15-27-4)28-20(26)23-17-10-6-5-7-11-17;8-12(10,11)7-4-2-1-3-6(7)5-9;7-6-4-2-1-3-5-6;2-1-4-3;;;/h5-9,12-15,21,24H,10-11,16-17,19-20H2,1-4H3,(H,29,33)(H,30,34);5-8,12-15,20,22H,10-11,16-19H2,1-4H3,(H-,27,28,32,33);5-7,10-11,16,18,21H,8-9,12-15H2,1-4H3,(H,22,25)(H,23,26);1-4H;1-5,7H;1,3H;;;/q;;;;;;2*+1;-1/t24-;22-;18-;;;;;;/m111....../s1. The predicted octanol–water partition coefficient (Wildman–Crippen LogP) is 5.46. The van der Waals surface area contributed by atoms with Crippen molar-refractivity contribution in [3.63, 3.8) is 0 Å². The number of hydrogen-bond donors (Lipinski definition) is 8. The molecule has 0 fully saturated rings. The van der Waals surface area contributed by atoms with E-state index in [1.54, 1.807) is 89.8 Å². The maximum absolute atomic E-state index is 13.0. The number of carbonyl (C=O) groups is 7. The van der Waals surface area contributed by atoms with Crippen LogP contribution in [0.2, 0.25) is 0 Å². The molecule has 1 aliphatic carbocycles. The Hall–Kier alpha value is -8.60. The van der Waals surface area contributed by atoms with Crippen LogP contribution in [-0.4, -0.2) is 254 Å². The van der Waals surface area contributed by atoms with Crippen LogP contribution in [0.15, 0.2) is 213 Å². The van der Waals surface area contributed by atoms with Gasteiger partial charge >= 0.3 is 145 Å². The van der Waals surface area contributed by atoms with Gasteiger partial charge in [0.25, 0.3) is 30.5 Å². The molecule has 0 spiro atoms. The van der Waals surface area contributed by atoms with Gasteiger partial charge in [0.15, 0.2) is 0 Å². The van der Waals surface area contributed by atoms with E-state index in [1.165, 1.54) is 85.9 Å². The molecule has 0 saturated carbocycles. The van der Waals surface area contributed by atoms with E-state index < -0.39 is 81.2 Å². The van der Waals surface area contributed by atoms with Gasteiger partial charge < -0.3 is 76.0 Å². The van der Waals surface area contributed by atoms with E-state index >= 15 is 0 Å². The second kappa shape index (κ2) is 70.1. The maximum Gasteiger partial charge on any atom is 1.00 e. The number of amides is 9. The fourth-order valence-electron chi connectivity index (χ4n) is 11.2. The Kier molecular flexibility index (Phi) is 65.6. The van der Waals surface area contributed by atoms with Gasteiger partial charge in [-0.1, -0.05) is 97.1 Å². The molecular formula is C87H119ClK2N15O23S4+. The SMILES string of the molecule is CNCCCCN(C[C@H](COC)OC(=O)Nc1ccccc1)C(=O)NC(C)C.COC[C@@H](CN(CCCCN(C)S(=O)(=O)C1=C([N+](=O)[O-])C=C[C+]=C1)C(=O)NC(C)C)OC(=O)Nc1ccccc1.COC[C@@H](CN(CCCCN(C)S(=O)(=O)c1ccccc1C#N)C(=O)NC(C)C)OC(=O)Nc1ccccc1.N#Cc1ccccc1S(=O)(=O)Cl.O=CO[O-].Sc1ccccc1.[H-].[K+].[K+]. The summed E-state index contributed by atoms with van der Waals surface area (Å²) in [6, 6.07) is 50.8. The number of para-hydroxylation sites is 3. The van der Waals surface area contributed by atoms with Crippen molar-refractivity contribution in [2.45, 2.75) is 131 Å². The fraction of sp³-hybridized carbons (Fsp3) is 0.414. The molecule has 38 nitrogen and oxygen atoms in total. The molecule has 0 saturated heterocycles. The Labute approximate surface area is 870 Å². The van der Waals surface area contributed by atoms with Gasteiger partial charge in [-0.25, -0.2) is 49.9 Å². The summed E-state index contributed by atoms with van der Waals surface area (Å²) in [6.07, 6.45) is 5.50. The number of unbranched alkanes of at least 4 members (excludes halogenated alkanes) is 3. The Morgan fingerprint density at radius 1 is 0.515 bits per heavy atom. The summed E-state index contributed by atoms with van der Waals surface area (Å²) in [5, 5.41) is 57.1. The molecule has 0 heterocycles. The molecule has 0 unspecified atom stereocenters. The van der Waals surface area contributed by atoms with Gasteiger partial charge in [-0.05, 0) is 166 Å². The molecule has 712 valence electrons. The first-order chi connectivity index (χ1) is 61.8. The Balaban J connectivity index is 0. The molecule has 132 heavy (non-hydrogen) atoms. The van der Waals surface area contributed by atoms with Crippen LogP contribution < -0.4 is 145 Å². The number of anilines is 3. The topological polar surface area (TPSA) is 501 Å². The number of thiol groups is 1. The van der Waals surface area contributed by atoms with Crippen LogP contribution in [0.5, 0.6) is 0 Å². The third kappa shape index (κ3) is 51.8. The van der Waals surface area contributed by atoms with E-state index in [1.807, 2.05) is 115 Å². The second-order valence-corrected chi connectivity index (χ2v) is 35.9. The van der Waals surface area contributed by atoms with Crippen molar-refractivity contribution in [1.29, 1.82) is 10.5 Å². The molecule has 7 N–H and O–H groups in total. The molecule has 6 aromatic carbocycles. The average molecular weight is 1980 g/mol. The fourth-order valence-corrected chi connectivity index (χ4v) is 15.0. The minimum absolute atomic E-state index is 0. The average Bonchev–Trinajstić information content (AvgIpc) is 0.800. The third-order valence-electron chi connectivity index (χ3n) is 17.2. The van der Waals surface area contributed by atoms with E-state index in [4.69, 9.17) is 54.4 Å². The van der Waals surface area contributed by atoms with Gasteiger partial charge in [0.05, 0.1) is 60.4 Å². The van der Waals surface area contributed by atoms with E-state index in [9.17, 15) is 69.4 Å². The Morgan fingerprint density at radius 2 is 0.826 bits per heavy atom. The zero-order valence-electron chi connectivity index (χ0n) is 77.7. The molecular weight excluding hydrogens is 1860 g/mol. The van der Waals surface area contributed by atoms with E-state index in [-0.39, 0.29) is 227 Å². The molecule has 45 heteroatoms.